The third kappa shape index (κ3) is 2.63. The summed E-state index contributed by atoms with van der Waals surface area (Å²) < 4.78 is 0. The number of anilines is 1. The van der Waals surface area contributed by atoms with Crippen molar-refractivity contribution in [3.05, 3.63) is 29.8 Å². The van der Waals surface area contributed by atoms with Gasteiger partial charge in [-0.15, -0.1) is 0 Å². The molecule has 0 spiro atoms. The molecule has 2 saturated carbocycles. The zero-order chi connectivity index (χ0) is 13.2. The van der Waals surface area contributed by atoms with E-state index in [4.69, 9.17) is 5.26 Å². The molecule has 3 atom stereocenters. The SMILES string of the molecule is N#Cc1cccc(NC(=O)C[C@H]2C[C@H]3CC[C@@H]2C3)c1. The topological polar surface area (TPSA) is 52.9 Å². The predicted octanol–water partition coefficient (Wildman–Crippen LogP) is 3.32. The molecule has 0 radical (unpaired) electrons. The Morgan fingerprint density at radius 3 is 2.95 bits per heavy atom. The monoisotopic (exact) mass is 254 g/mol. The number of nitrogens with one attached hydrogen (secondary N) is 1. The van der Waals surface area contributed by atoms with Crippen LogP contribution < -0.4 is 5.32 Å². The van der Waals surface area contributed by atoms with Crippen LogP contribution in [0.4, 0.5) is 5.69 Å². The molecular formula is C16H18N2O. The van der Waals surface area contributed by atoms with E-state index in [1.807, 2.05) is 6.07 Å². The van der Waals surface area contributed by atoms with Crippen LogP contribution in [0.1, 0.15) is 37.7 Å². The van der Waals surface area contributed by atoms with Crippen molar-refractivity contribution in [3.8, 4) is 6.07 Å². The van der Waals surface area contributed by atoms with E-state index in [1.54, 1.807) is 18.2 Å². The van der Waals surface area contributed by atoms with Crippen LogP contribution in [0.25, 0.3) is 0 Å². The summed E-state index contributed by atoms with van der Waals surface area (Å²) in [6, 6.07) is 9.18. The van der Waals surface area contributed by atoms with Crippen LogP contribution in [-0.2, 0) is 4.79 Å². The average Bonchev–Trinajstić information content (AvgIpc) is 3.01. The lowest BCUT2D eigenvalue weighted by molar-refractivity contribution is -0.117. The Morgan fingerprint density at radius 1 is 1.37 bits per heavy atom. The minimum atomic E-state index is 0.0904. The lowest BCUT2D eigenvalue weighted by Gasteiger charge is -2.20. The van der Waals surface area contributed by atoms with Gasteiger partial charge in [-0.25, -0.2) is 0 Å². The third-order valence-electron chi connectivity index (χ3n) is 4.61. The maximum atomic E-state index is 12.1. The van der Waals surface area contributed by atoms with Crippen molar-refractivity contribution in [1.82, 2.24) is 0 Å². The summed E-state index contributed by atoms with van der Waals surface area (Å²) in [4.78, 5) is 12.1. The lowest BCUT2D eigenvalue weighted by Crippen LogP contribution is -2.20. The minimum absolute atomic E-state index is 0.0904. The standard InChI is InChI=1S/C16H18N2O/c17-10-12-2-1-3-15(8-12)18-16(19)9-14-7-11-4-5-13(14)6-11/h1-3,8,11,13-14H,4-7,9H2,(H,18,19)/t11-,13+,14+/m0/s1. The summed E-state index contributed by atoms with van der Waals surface area (Å²) in [6.07, 6.45) is 5.88. The molecule has 3 rings (SSSR count). The fraction of sp³-hybridized carbons (Fsp3) is 0.500. The van der Waals surface area contributed by atoms with Crippen molar-refractivity contribution in [3.63, 3.8) is 0 Å². The number of nitriles is 1. The van der Waals surface area contributed by atoms with Crippen LogP contribution in [0.15, 0.2) is 24.3 Å². The Hall–Kier alpha value is -1.82. The first-order valence-electron chi connectivity index (χ1n) is 7.04. The van der Waals surface area contributed by atoms with Gasteiger partial charge in [0, 0.05) is 12.1 Å². The number of amides is 1. The maximum absolute atomic E-state index is 12.1. The van der Waals surface area contributed by atoms with Crippen molar-refractivity contribution in [1.29, 1.82) is 5.26 Å². The highest BCUT2D eigenvalue weighted by Crippen LogP contribution is 2.49. The van der Waals surface area contributed by atoms with Crippen molar-refractivity contribution in [2.45, 2.75) is 32.1 Å². The molecule has 1 aromatic carbocycles. The molecule has 1 N–H and O–H groups in total. The first-order valence-corrected chi connectivity index (χ1v) is 7.04. The van der Waals surface area contributed by atoms with E-state index in [-0.39, 0.29) is 5.91 Å². The summed E-state index contributed by atoms with van der Waals surface area (Å²) >= 11 is 0. The number of carbonyl (C=O) groups excluding carboxylic acids is 1. The Morgan fingerprint density at radius 2 is 2.26 bits per heavy atom. The highest BCUT2D eigenvalue weighted by molar-refractivity contribution is 5.91. The van der Waals surface area contributed by atoms with E-state index in [2.05, 4.69) is 11.4 Å². The van der Waals surface area contributed by atoms with Gasteiger partial charge in [0.05, 0.1) is 11.6 Å². The Bertz CT molecular complexity index is 532. The zero-order valence-electron chi connectivity index (χ0n) is 10.9. The molecule has 3 heteroatoms. The van der Waals surface area contributed by atoms with Gasteiger partial charge in [-0.3, -0.25) is 4.79 Å². The molecule has 98 valence electrons. The second-order valence-electron chi connectivity index (χ2n) is 5.88. The van der Waals surface area contributed by atoms with E-state index >= 15 is 0 Å². The summed E-state index contributed by atoms with van der Waals surface area (Å²) in [5.41, 5.74) is 1.31. The van der Waals surface area contributed by atoms with Gasteiger partial charge < -0.3 is 5.32 Å². The fourth-order valence-electron chi connectivity index (χ4n) is 3.74. The van der Waals surface area contributed by atoms with E-state index in [0.717, 1.165) is 17.5 Å². The molecule has 0 unspecified atom stereocenters. The molecule has 19 heavy (non-hydrogen) atoms. The molecule has 3 nitrogen and oxygen atoms in total. The van der Waals surface area contributed by atoms with Gasteiger partial charge in [-0.1, -0.05) is 12.5 Å². The minimum Gasteiger partial charge on any atom is -0.326 e. The normalized spacial score (nSPS) is 28.1. The fourth-order valence-corrected chi connectivity index (χ4v) is 3.74. The number of hydrogen-bond acceptors (Lipinski definition) is 2. The molecular weight excluding hydrogens is 236 g/mol. The number of carbonyl (C=O) groups is 1. The van der Waals surface area contributed by atoms with Gasteiger partial charge in [0.2, 0.25) is 5.91 Å². The highest BCUT2D eigenvalue weighted by Gasteiger charge is 2.40. The van der Waals surface area contributed by atoms with Gasteiger partial charge in [-0.2, -0.15) is 5.26 Å². The average molecular weight is 254 g/mol. The number of hydrogen-bond donors (Lipinski definition) is 1. The molecule has 2 aliphatic carbocycles. The number of fused-ring (bicyclic) bond motifs is 2. The lowest BCUT2D eigenvalue weighted by atomic mass is 9.86. The van der Waals surface area contributed by atoms with Crippen molar-refractivity contribution >= 4 is 11.6 Å². The number of rotatable bonds is 3. The summed E-state index contributed by atoms with van der Waals surface area (Å²) in [5.74, 6) is 2.33. The van der Waals surface area contributed by atoms with E-state index in [9.17, 15) is 4.79 Å². The van der Waals surface area contributed by atoms with Crippen LogP contribution in [-0.4, -0.2) is 5.91 Å². The predicted molar refractivity (Wildman–Crippen MR) is 73.3 cm³/mol. The Balaban J connectivity index is 1.58. The van der Waals surface area contributed by atoms with Crippen molar-refractivity contribution < 1.29 is 4.79 Å². The molecule has 1 aromatic rings. The smallest absolute Gasteiger partial charge is 0.224 e. The van der Waals surface area contributed by atoms with E-state index in [0.29, 0.717) is 17.9 Å². The molecule has 0 aromatic heterocycles. The summed E-state index contributed by atoms with van der Waals surface area (Å²) in [7, 11) is 0. The van der Waals surface area contributed by atoms with Crippen LogP contribution >= 0.6 is 0 Å². The Kier molecular flexibility index (Phi) is 3.25. The highest BCUT2D eigenvalue weighted by atomic mass is 16.1. The quantitative estimate of drug-likeness (QED) is 0.899. The molecule has 0 saturated heterocycles. The van der Waals surface area contributed by atoms with Gasteiger partial charge in [0.25, 0.3) is 0 Å². The maximum Gasteiger partial charge on any atom is 0.224 e. The van der Waals surface area contributed by atoms with Crippen LogP contribution in [0, 0.1) is 29.1 Å². The van der Waals surface area contributed by atoms with Gasteiger partial charge in [0.1, 0.15) is 0 Å². The van der Waals surface area contributed by atoms with Crippen LogP contribution in [0.3, 0.4) is 0 Å². The number of benzene rings is 1. The van der Waals surface area contributed by atoms with Crippen molar-refractivity contribution in [2.24, 2.45) is 17.8 Å². The van der Waals surface area contributed by atoms with Crippen molar-refractivity contribution in [2.75, 3.05) is 5.32 Å². The Labute approximate surface area is 113 Å². The van der Waals surface area contributed by atoms with Crippen LogP contribution in [0.2, 0.25) is 0 Å². The van der Waals surface area contributed by atoms with E-state index in [1.165, 1.54) is 25.7 Å². The summed E-state index contributed by atoms with van der Waals surface area (Å²) in [6.45, 7) is 0. The molecule has 1 amide bonds. The second-order valence-corrected chi connectivity index (χ2v) is 5.88. The number of nitrogens with zero attached hydrogens (tertiary/aromatic N) is 1. The third-order valence-corrected chi connectivity index (χ3v) is 4.61. The van der Waals surface area contributed by atoms with Gasteiger partial charge in [-0.05, 0) is 55.2 Å². The zero-order valence-corrected chi connectivity index (χ0v) is 10.9. The molecule has 2 bridgehead atoms. The second kappa shape index (κ2) is 5.05. The molecule has 2 fully saturated rings. The van der Waals surface area contributed by atoms with Crippen LogP contribution in [0.5, 0.6) is 0 Å². The van der Waals surface area contributed by atoms with Gasteiger partial charge in [0.15, 0.2) is 0 Å². The van der Waals surface area contributed by atoms with E-state index < -0.39 is 0 Å². The van der Waals surface area contributed by atoms with Gasteiger partial charge >= 0.3 is 0 Å². The first kappa shape index (κ1) is 12.2. The molecule has 0 heterocycles. The summed E-state index contributed by atoms with van der Waals surface area (Å²) in [5, 5.41) is 11.7. The first-order chi connectivity index (χ1) is 9.24. The molecule has 0 aliphatic heterocycles. The molecule has 2 aliphatic rings. The largest absolute Gasteiger partial charge is 0.326 e.